The predicted octanol–water partition coefficient (Wildman–Crippen LogP) is 4.83. The molecule has 3 N–H and O–H groups in total. The predicted molar refractivity (Wildman–Crippen MR) is 115 cm³/mol. The maximum atomic E-state index is 13.4. The van der Waals surface area contributed by atoms with Crippen LogP contribution in [0, 0.1) is 23.5 Å². The van der Waals surface area contributed by atoms with Crippen LogP contribution in [0.1, 0.15) is 29.0 Å². The van der Waals surface area contributed by atoms with Crippen molar-refractivity contribution in [3.8, 4) is 23.0 Å². The van der Waals surface area contributed by atoms with Gasteiger partial charge in [-0.1, -0.05) is 60.4 Å². The minimum absolute atomic E-state index is 0.0104. The Bertz CT molecular complexity index is 1150. The Labute approximate surface area is 179 Å². The van der Waals surface area contributed by atoms with Crippen molar-refractivity contribution >= 4 is 11.8 Å². The second-order valence-corrected chi connectivity index (χ2v) is 7.15. The number of rotatable bonds is 4. The van der Waals surface area contributed by atoms with E-state index in [-0.39, 0.29) is 36.7 Å². The summed E-state index contributed by atoms with van der Waals surface area (Å²) in [6.45, 7) is 0.464. The van der Waals surface area contributed by atoms with E-state index in [4.69, 9.17) is 10.5 Å². The van der Waals surface area contributed by atoms with Gasteiger partial charge in [0, 0.05) is 24.9 Å². The third kappa shape index (κ3) is 4.36. The molecule has 1 aliphatic rings. The van der Waals surface area contributed by atoms with Gasteiger partial charge in [0.15, 0.2) is 0 Å². The Morgan fingerprint density at radius 3 is 2.35 bits per heavy atom. The van der Waals surface area contributed by atoms with Gasteiger partial charge in [-0.3, -0.25) is 0 Å². The smallest absolute Gasteiger partial charge is 0.407 e. The topological polar surface area (TPSA) is 64.3 Å². The molecule has 0 atom stereocenters. The largest absolute Gasteiger partial charge is 0.449 e. The number of anilines is 1. The van der Waals surface area contributed by atoms with E-state index in [0.29, 0.717) is 6.07 Å². The fourth-order valence-electron chi connectivity index (χ4n) is 3.72. The molecule has 0 fully saturated rings. The minimum atomic E-state index is -0.846. The van der Waals surface area contributed by atoms with Crippen molar-refractivity contribution in [3.63, 3.8) is 0 Å². The summed E-state index contributed by atoms with van der Waals surface area (Å²) >= 11 is 0. The van der Waals surface area contributed by atoms with E-state index in [1.54, 1.807) is 0 Å². The minimum Gasteiger partial charge on any atom is -0.449 e. The maximum absolute atomic E-state index is 13.4. The number of alkyl carbamates (subject to hydrolysis) is 1. The summed E-state index contributed by atoms with van der Waals surface area (Å²) in [6, 6.07) is 18.0. The normalized spacial score (nSPS) is 11.8. The number of nitrogen functional groups attached to an aromatic ring is 1. The van der Waals surface area contributed by atoms with Crippen LogP contribution in [-0.2, 0) is 4.74 Å². The van der Waals surface area contributed by atoms with Crippen LogP contribution in [0.5, 0.6) is 0 Å². The average molecular weight is 418 g/mol. The maximum Gasteiger partial charge on any atom is 0.407 e. The van der Waals surface area contributed by atoms with Gasteiger partial charge >= 0.3 is 6.09 Å². The summed E-state index contributed by atoms with van der Waals surface area (Å²) in [5.74, 6) is 3.76. The molecule has 0 saturated carbocycles. The van der Waals surface area contributed by atoms with Gasteiger partial charge in [-0.2, -0.15) is 0 Å². The first-order valence-corrected chi connectivity index (χ1v) is 9.87. The molecule has 0 heterocycles. The lowest BCUT2D eigenvalue weighted by Crippen LogP contribution is -2.26. The highest BCUT2D eigenvalue weighted by Crippen LogP contribution is 2.44. The summed E-state index contributed by atoms with van der Waals surface area (Å²) in [5, 5.41) is 2.64. The number of fused-ring (bicyclic) bond motifs is 3. The summed E-state index contributed by atoms with van der Waals surface area (Å²) < 4.78 is 32.1. The van der Waals surface area contributed by atoms with Crippen LogP contribution in [0.2, 0.25) is 0 Å². The number of halogens is 2. The van der Waals surface area contributed by atoms with Gasteiger partial charge in [0.25, 0.3) is 0 Å². The number of ether oxygens (including phenoxy) is 1. The van der Waals surface area contributed by atoms with Crippen LogP contribution in [0.4, 0.5) is 19.3 Å². The third-order valence-electron chi connectivity index (χ3n) is 5.18. The number of nitrogens with one attached hydrogen (secondary N) is 1. The molecule has 31 heavy (non-hydrogen) atoms. The van der Waals surface area contributed by atoms with E-state index in [1.165, 1.54) is 0 Å². The molecule has 3 aromatic rings. The van der Waals surface area contributed by atoms with E-state index in [0.717, 1.165) is 28.3 Å². The molecule has 0 saturated heterocycles. The molecule has 3 aromatic carbocycles. The van der Waals surface area contributed by atoms with E-state index < -0.39 is 17.7 Å². The van der Waals surface area contributed by atoms with Crippen molar-refractivity contribution in [2.24, 2.45) is 0 Å². The van der Waals surface area contributed by atoms with Crippen LogP contribution < -0.4 is 11.1 Å². The van der Waals surface area contributed by atoms with Crippen molar-refractivity contribution in [2.45, 2.75) is 12.3 Å². The Morgan fingerprint density at radius 1 is 1.03 bits per heavy atom. The highest BCUT2D eigenvalue weighted by Gasteiger charge is 2.28. The van der Waals surface area contributed by atoms with Crippen LogP contribution in [0.3, 0.4) is 0 Å². The molecule has 156 valence electrons. The molecular weight excluding hydrogens is 398 g/mol. The molecule has 4 nitrogen and oxygen atoms in total. The number of amides is 1. The Hall–Kier alpha value is -3.85. The summed E-state index contributed by atoms with van der Waals surface area (Å²) in [7, 11) is 0. The molecule has 0 spiro atoms. The van der Waals surface area contributed by atoms with Gasteiger partial charge in [0.1, 0.15) is 18.2 Å². The first-order valence-electron chi connectivity index (χ1n) is 9.87. The fraction of sp³-hybridized carbons (Fsp3) is 0.160. The molecule has 0 aromatic heterocycles. The quantitative estimate of drug-likeness (QED) is 0.363. The zero-order valence-electron chi connectivity index (χ0n) is 16.6. The zero-order valence-corrected chi connectivity index (χ0v) is 16.6. The van der Waals surface area contributed by atoms with Gasteiger partial charge in [-0.25, -0.2) is 13.6 Å². The van der Waals surface area contributed by atoms with E-state index in [2.05, 4.69) is 41.4 Å². The molecule has 0 aliphatic heterocycles. The van der Waals surface area contributed by atoms with Crippen LogP contribution in [-0.4, -0.2) is 19.2 Å². The van der Waals surface area contributed by atoms with E-state index in [1.807, 2.05) is 24.3 Å². The van der Waals surface area contributed by atoms with Gasteiger partial charge < -0.3 is 15.8 Å². The molecule has 0 bridgehead atoms. The first-order chi connectivity index (χ1) is 15.0. The molecule has 6 heteroatoms. The number of hydrogen-bond acceptors (Lipinski definition) is 3. The van der Waals surface area contributed by atoms with Gasteiger partial charge in [-0.05, 0) is 28.3 Å². The van der Waals surface area contributed by atoms with Crippen molar-refractivity contribution in [1.82, 2.24) is 5.32 Å². The standard InChI is InChI=1S/C25H20F2N2O2/c26-17-13-16(24(28)23(27)14-17)7-5-6-12-29-25(30)31-15-22-20-10-3-1-8-18(20)19-9-2-4-11-21(19)22/h1-4,8-11,13-14,22H,6,12,15,28H2,(H,29,30). The second kappa shape index (κ2) is 8.88. The van der Waals surface area contributed by atoms with Crippen LogP contribution >= 0.6 is 0 Å². The Kier molecular flexibility index (Phi) is 5.85. The van der Waals surface area contributed by atoms with Crippen molar-refractivity contribution in [2.75, 3.05) is 18.9 Å². The van der Waals surface area contributed by atoms with E-state index in [9.17, 15) is 13.6 Å². The lowest BCUT2D eigenvalue weighted by atomic mass is 9.98. The first kappa shape index (κ1) is 20.4. The number of carbonyl (C=O) groups is 1. The van der Waals surface area contributed by atoms with E-state index >= 15 is 0 Å². The monoisotopic (exact) mass is 418 g/mol. The molecular formula is C25H20F2N2O2. The van der Waals surface area contributed by atoms with Gasteiger partial charge in [0.05, 0.1) is 11.3 Å². The number of carbonyl (C=O) groups excluding carboxylic acids is 1. The lowest BCUT2D eigenvalue weighted by molar-refractivity contribution is 0.143. The molecule has 0 unspecified atom stereocenters. The number of nitrogens with two attached hydrogens (primary N) is 1. The Balaban J connectivity index is 1.30. The fourth-order valence-corrected chi connectivity index (χ4v) is 3.72. The Morgan fingerprint density at radius 2 is 1.68 bits per heavy atom. The second-order valence-electron chi connectivity index (χ2n) is 7.15. The highest BCUT2D eigenvalue weighted by atomic mass is 19.1. The summed E-state index contributed by atoms with van der Waals surface area (Å²) in [5.41, 5.74) is 10.0. The molecule has 0 radical (unpaired) electrons. The van der Waals surface area contributed by atoms with Crippen molar-refractivity contribution < 1.29 is 18.3 Å². The lowest BCUT2D eigenvalue weighted by Gasteiger charge is -2.14. The molecule has 4 rings (SSSR count). The van der Waals surface area contributed by atoms with Gasteiger partial charge in [0.2, 0.25) is 0 Å². The van der Waals surface area contributed by atoms with Crippen molar-refractivity contribution in [3.05, 3.63) is 89.0 Å². The van der Waals surface area contributed by atoms with Crippen LogP contribution in [0.15, 0.2) is 60.7 Å². The average Bonchev–Trinajstić information content (AvgIpc) is 3.09. The third-order valence-corrected chi connectivity index (χ3v) is 5.18. The van der Waals surface area contributed by atoms with Crippen LogP contribution in [0.25, 0.3) is 11.1 Å². The zero-order chi connectivity index (χ0) is 21.8. The summed E-state index contributed by atoms with van der Waals surface area (Å²) in [6.07, 6.45) is -0.262. The highest BCUT2D eigenvalue weighted by molar-refractivity contribution is 5.79. The number of benzene rings is 3. The molecule has 1 amide bonds. The number of hydrogen-bond donors (Lipinski definition) is 2. The van der Waals surface area contributed by atoms with Gasteiger partial charge in [-0.15, -0.1) is 0 Å². The molecule has 1 aliphatic carbocycles. The SMILES string of the molecule is Nc1c(F)cc(F)cc1C#CCCNC(=O)OCC1c2ccccc2-c2ccccc21. The van der Waals surface area contributed by atoms with Crippen molar-refractivity contribution in [1.29, 1.82) is 0 Å². The summed E-state index contributed by atoms with van der Waals surface area (Å²) in [4.78, 5) is 12.1.